The molecule has 0 amide bonds. The maximum Gasteiger partial charge on any atom is 0.306 e. The summed E-state index contributed by atoms with van der Waals surface area (Å²) < 4.78 is 34.1. The number of carbonyl (C=O) groups excluding carboxylic acids is 1. The summed E-state index contributed by atoms with van der Waals surface area (Å²) in [5, 5.41) is 71.9. The summed E-state index contributed by atoms with van der Waals surface area (Å²) in [5.74, 6) is -0.392. The van der Waals surface area contributed by atoms with E-state index < -0.39 is 86.7 Å². The van der Waals surface area contributed by atoms with Gasteiger partial charge in [-0.15, -0.1) is 0 Å². The lowest BCUT2D eigenvalue weighted by molar-refractivity contribution is -0.332. The Morgan fingerprint density at radius 3 is 1.68 bits per heavy atom. The minimum Gasteiger partial charge on any atom is -0.457 e. The summed E-state index contributed by atoms with van der Waals surface area (Å²) in [6, 6.07) is 0. The van der Waals surface area contributed by atoms with Gasteiger partial charge >= 0.3 is 5.97 Å². The van der Waals surface area contributed by atoms with E-state index in [2.05, 4.69) is 50.3 Å². The van der Waals surface area contributed by atoms with Crippen molar-refractivity contribution in [2.45, 2.75) is 216 Å². The molecule has 14 nitrogen and oxygen atoms in total. The summed E-state index contributed by atoms with van der Waals surface area (Å²) in [6.07, 6.45) is 19.3. The number of ether oxygens (including phenoxy) is 6. The van der Waals surface area contributed by atoms with Crippen LogP contribution in [0, 0.1) is 0 Å². The molecule has 11 atom stereocenters. The van der Waals surface area contributed by atoms with E-state index in [4.69, 9.17) is 28.4 Å². The standard InChI is InChI=1S/C46H82O14/c1-3-5-7-9-11-13-15-17-18-20-22-24-26-28-30-55-32-35(58-38(48)29-27-25-23-21-19-16-14-12-10-8-6-4-2)33-56-45-44(54)42(52)40(50)37(60-45)34-57-46-43(53)41(51)39(49)36(31-47)59-46/h7,9,12-15,35-37,39-47,49-54H,3-6,8,10-11,16-34H2,1-2H3/b9-7-,14-12-,15-13-. The maximum absolute atomic E-state index is 12.9. The molecule has 0 saturated carbocycles. The lowest BCUT2D eigenvalue weighted by Gasteiger charge is -2.42. The first-order valence-corrected chi connectivity index (χ1v) is 23.1. The average Bonchev–Trinajstić information content (AvgIpc) is 3.24. The van der Waals surface area contributed by atoms with Crippen LogP contribution in [0.4, 0.5) is 0 Å². The third-order valence-corrected chi connectivity index (χ3v) is 10.9. The number of hydrogen-bond donors (Lipinski definition) is 7. The molecule has 0 aromatic rings. The molecule has 2 rings (SSSR count). The normalized spacial score (nSPS) is 28.0. The van der Waals surface area contributed by atoms with Crippen LogP contribution in [0.25, 0.3) is 0 Å². The smallest absolute Gasteiger partial charge is 0.306 e. The topological polar surface area (TPSA) is 214 Å². The van der Waals surface area contributed by atoms with Crippen LogP contribution in [0.15, 0.2) is 36.5 Å². The summed E-state index contributed by atoms with van der Waals surface area (Å²) in [4.78, 5) is 12.9. The second-order valence-electron chi connectivity index (χ2n) is 16.2. The predicted octanol–water partition coefficient (Wildman–Crippen LogP) is 5.46. The van der Waals surface area contributed by atoms with Crippen LogP contribution in [0.3, 0.4) is 0 Å². The lowest BCUT2D eigenvalue weighted by atomic mass is 9.98. The van der Waals surface area contributed by atoms with Gasteiger partial charge in [-0.05, 0) is 64.2 Å². The van der Waals surface area contributed by atoms with E-state index in [1.807, 2.05) is 0 Å². The van der Waals surface area contributed by atoms with Crippen LogP contribution in [0.2, 0.25) is 0 Å². The molecule has 11 unspecified atom stereocenters. The van der Waals surface area contributed by atoms with Crippen LogP contribution < -0.4 is 0 Å². The number of allylic oxidation sites excluding steroid dienone is 6. The van der Waals surface area contributed by atoms with Gasteiger partial charge in [-0.1, -0.05) is 115 Å². The quantitative estimate of drug-likeness (QED) is 0.0240. The summed E-state index contributed by atoms with van der Waals surface area (Å²) in [5.41, 5.74) is 0. The molecule has 2 aliphatic heterocycles. The number of carbonyl (C=O) groups is 1. The van der Waals surface area contributed by atoms with Gasteiger partial charge in [-0.2, -0.15) is 0 Å². The van der Waals surface area contributed by atoms with Crippen molar-refractivity contribution in [1.82, 2.24) is 0 Å². The summed E-state index contributed by atoms with van der Waals surface area (Å²) in [7, 11) is 0. The summed E-state index contributed by atoms with van der Waals surface area (Å²) in [6.45, 7) is 3.54. The molecule has 350 valence electrons. The van der Waals surface area contributed by atoms with E-state index in [1.54, 1.807) is 0 Å². The van der Waals surface area contributed by atoms with Gasteiger partial charge in [0.15, 0.2) is 12.6 Å². The highest BCUT2D eigenvalue weighted by molar-refractivity contribution is 5.69. The molecule has 0 aromatic heterocycles. The van der Waals surface area contributed by atoms with Gasteiger partial charge in [0.05, 0.1) is 26.4 Å². The second kappa shape index (κ2) is 34.7. The van der Waals surface area contributed by atoms with Crippen LogP contribution in [-0.2, 0) is 33.2 Å². The Hall–Kier alpha value is -1.79. The van der Waals surface area contributed by atoms with Crippen molar-refractivity contribution in [2.24, 2.45) is 0 Å². The second-order valence-corrected chi connectivity index (χ2v) is 16.2. The largest absolute Gasteiger partial charge is 0.457 e. The van der Waals surface area contributed by atoms with E-state index in [1.165, 1.54) is 38.5 Å². The molecular formula is C46H82O14. The number of rotatable bonds is 35. The Labute approximate surface area is 359 Å². The highest BCUT2D eigenvalue weighted by atomic mass is 16.7. The van der Waals surface area contributed by atoms with E-state index in [9.17, 15) is 40.5 Å². The van der Waals surface area contributed by atoms with Gasteiger partial charge in [0.25, 0.3) is 0 Å². The highest BCUT2D eigenvalue weighted by Gasteiger charge is 2.47. The Balaban J connectivity index is 1.82. The molecule has 2 aliphatic rings. The number of unbranched alkanes of at least 4 members (excludes halogenated alkanes) is 15. The lowest BCUT2D eigenvalue weighted by Crippen LogP contribution is -2.61. The molecule has 0 spiro atoms. The Morgan fingerprint density at radius 2 is 1.07 bits per heavy atom. The van der Waals surface area contributed by atoms with E-state index in [0.717, 1.165) is 83.5 Å². The van der Waals surface area contributed by atoms with Gasteiger partial charge in [-0.3, -0.25) is 4.79 Å². The van der Waals surface area contributed by atoms with E-state index in [0.29, 0.717) is 13.0 Å². The fraction of sp³-hybridized carbons (Fsp3) is 0.848. The zero-order chi connectivity index (χ0) is 43.8. The van der Waals surface area contributed by atoms with Crippen molar-refractivity contribution in [3.05, 3.63) is 36.5 Å². The predicted molar refractivity (Wildman–Crippen MR) is 229 cm³/mol. The molecular weight excluding hydrogens is 776 g/mol. The monoisotopic (exact) mass is 859 g/mol. The highest BCUT2D eigenvalue weighted by Crippen LogP contribution is 2.26. The van der Waals surface area contributed by atoms with Crippen molar-refractivity contribution in [3.63, 3.8) is 0 Å². The van der Waals surface area contributed by atoms with E-state index in [-0.39, 0.29) is 19.6 Å². The molecule has 2 fully saturated rings. The van der Waals surface area contributed by atoms with Gasteiger partial charge in [0, 0.05) is 13.0 Å². The molecule has 0 aliphatic carbocycles. The first kappa shape index (κ1) is 54.3. The van der Waals surface area contributed by atoms with Crippen molar-refractivity contribution in [1.29, 1.82) is 0 Å². The number of hydrogen-bond acceptors (Lipinski definition) is 14. The third kappa shape index (κ3) is 23.1. The number of aliphatic hydroxyl groups is 7. The van der Waals surface area contributed by atoms with Gasteiger partial charge in [0.2, 0.25) is 0 Å². The fourth-order valence-electron chi connectivity index (χ4n) is 7.02. The molecule has 14 heteroatoms. The average molecular weight is 859 g/mol. The molecule has 0 radical (unpaired) electrons. The van der Waals surface area contributed by atoms with Crippen LogP contribution in [-0.4, -0.2) is 142 Å². The third-order valence-electron chi connectivity index (χ3n) is 10.9. The Bertz CT molecular complexity index is 1130. The Morgan fingerprint density at radius 1 is 0.550 bits per heavy atom. The van der Waals surface area contributed by atoms with Crippen molar-refractivity contribution in [3.8, 4) is 0 Å². The van der Waals surface area contributed by atoms with Gasteiger partial charge < -0.3 is 64.2 Å². The fourth-order valence-corrected chi connectivity index (χ4v) is 7.02. The minimum absolute atomic E-state index is 0.0509. The first-order chi connectivity index (χ1) is 29.1. The maximum atomic E-state index is 12.9. The molecule has 0 aromatic carbocycles. The van der Waals surface area contributed by atoms with Crippen molar-refractivity contribution >= 4 is 5.97 Å². The SMILES string of the molecule is CCC/C=C\C/C=C\CCCCCCCCOCC(COC1OC(COC2OC(CO)C(O)C(O)C2O)C(O)C(O)C1O)OC(=O)CCCCCCC/C=C\CCCCC. The van der Waals surface area contributed by atoms with Gasteiger partial charge in [0.1, 0.15) is 54.9 Å². The number of aliphatic hydroxyl groups excluding tert-OH is 7. The van der Waals surface area contributed by atoms with Crippen LogP contribution in [0.1, 0.15) is 149 Å². The molecule has 2 heterocycles. The molecule has 60 heavy (non-hydrogen) atoms. The first-order valence-electron chi connectivity index (χ1n) is 23.1. The van der Waals surface area contributed by atoms with Crippen molar-refractivity contribution in [2.75, 3.05) is 33.0 Å². The van der Waals surface area contributed by atoms with Crippen LogP contribution >= 0.6 is 0 Å². The molecule has 7 N–H and O–H groups in total. The summed E-state index contributed by atoms with van der Waals surface area (Å²) >= 11 is 0. The minimum atomic E-state index is -1.71. The van der Waals surface area contributed by atoms with Gasteiger partial charge in [-0.25, -0.2) is 0 Å². The van der Waals surface area contributed by atoms with Crippen molar-refractivity contribution < 1.29 is 69.0 Å². The zero-order valence-electron chi connectivity index (χ0n) is 36.7. The Kier molecular flexibility index (Phi) is 31.4. The number of esters is 1. The zero-order valence-corrected chi connectivity index (χ0v) is 36.7. The van der Waals surface area contributed by atoms with E-state index >= 15 is 0 Å². The molecule has 2 saturated heterocycles. The van der Waals surface area contributed by atoms with Crippen LogP contribution in [0.5, 0.6) is 0 Å². The molecule has 0 bridgehead atoms.